The summed E-state index contributed by atoms with van der Waals surface area (Å²) < 4.78 is 47.5. The summed E-state index contributed by atoms with van der Waals surface area (Å²) in [6.07, 6.45) is -1.72. The maximum Gasteiger partial charge on any atom is 0.471 e. The summed E-state index contributed by atoms with van der Waals surface area (Å²) in [7, 11) is 0. The zero-order valence-electron chi connectivity index (χ0n) is 17.6. The summed E-state index contributed by atoms with van der Waals surface area (Å²) in [5.41, 5.74) is -0.00901. The van der Waals surface area contributed by atoms with Crippen molar-refractivity contribution in [3.8, 4) is 11.4 Å². The maximum absolute atomic E-state index is 12.6. The molecular formula is C20H24F3N5O3. The van der Waals surface area contributed by atoms with E-state index in [-0.39, 0.29) is 17.3 Å². The number of pyridine rings is 1. The highest BCUT2D eigenvalue weighted by molar-refractivity contribution is 5.68. The standard InChI is InChI=1S/C20H24F3N5O3/c1-18(2,3)30-17(29)27-8-6-19(7-9-27)11-28(12-19)14-5-4-13(10-24-14)15-25-16(31-26-15)20(21,22)23/h4-5,10H,6-9,11-12H2,1-3H3. The number of rotatable bonds is 2. The third kappa shape index (κ3) is 4.59. The highest BCUT2D eigenvalue weighted by atomic mass is 19.4. The van der Waals surface area contributed by atoms with Gasteiger partial charge >= 0.3 is 18.2 Å². The van der Waals surface area contributed by atoms with Gasteiger partial charge in [-0.3, -0.25) is 0 Å². The van der Waals surface area contributed by atoms with Crippen LogP contribution in [-0.4, -0.2) is 57.9 Å². The van der Waals surface area contributed by atoms with Crippen molar-refractivity contribution < 1.29 is 27.2 Å². The smallest absolute Gasteiger partial charge is 0.444 e. The van der Waals surface area contributed by atoms with E-state index in [9.17, 15) is 18.0 Å². The van der Waals surface area contributed by atoms with Gasteiger partial charge in [0.15, 0.2) is 0 Å². The molecule has 2 aliphatic rings. The molecule has 4 heterocycles. The zero-order valence-corrected chi connectivity index (χ0v) is 17.6. The van der Waals surface area contributed by atoms with Crippen molar-refractivity contribution in [3.05, 3.63) is 24.2 Å². The summed E-state index contributed by atoms with van der Waals surface area (Å²) in [6, 6.07) is 3.37. The highest BCUT2D eigenvalue weighted by Gasteiger charge is 2.46. The van der Waals surface area contributed by atoms with Crippen LogP contribution >= 0.6 is 0 Å². The Hall–Kier alpha value is -2.85. The third-order valence-corrected chi connectivity index (χ3v) is 5.53. The molecule has 0 aromatic carbocycles. The first-order valence-corrected chi connectivity index (χ1v) is 10.0. The van der Waals surface area contributed by atoms with Crippen molar-refractivity contribution in [1.29, 1.82) is 0 Å². The Bertz CT molecular complexity index is 936. The number of amides is 1. The number of hydrogen-bond acceptors (Lipinski definition) is 7. The predicted molar refractivity (Wildman–Crippen MR) is 104 cm³/mol. The number of piperidine rings is 1. The van der Waals surface area contributed by atoms with Crippen LogP contribution < -0.4 is 4.90 Å². The number of halogens is 3. The van der Waals surface area contributed by atoms with E-state index >= 15 is 0 Å². The Morgan fingerprint density at radius 2 is 1.84 bits per heavy atom. The number of likely N-dealkylation sites (tertiary alicyclic amines) is 1. The van der Waals surface area contributed by atoms with Gasteiger partial charge in [0.2, 0.25) is 5.82 Å². The van der Waals surface area contributed by atoms with Crippen LogP contribution in [0.4, 0.5) is 23.8 Å². The molecule has 0 radical (unpaired) electrons. The molecule has 0 unspecified atom stereocenters. The third-order valence-electron chi connectivity index (χ3n) is 5.53. The Kier molecular flexibility index (Phi) is 5.09. The van der Waals surface area contributed by atoms with Crippen molar-refractivity contribution in [2.45, 2.75) is 45.4 Å². The van der Waals surface area contributed by atoms with Crippen LogP contribution in [-0.2, 0) is 10.9 Å². The van der Waals surface area contributed by atoms with Gasteiger partial charge < -0.3 is 19.1 Å². The number of ether oxygens (including phenoxy) is 1. The van der Waals surface area contributed by atoms with Crippen molar-refractivity contribution in [2.75, 3.05) is 31.1 Å². The quantitative estimate of drug-likeness (QED) is 0.700. The number of alkyl halides is 3. The molecule has 0 atom stereocenters. The molecule has 1 amide bonds. The van der Waals surface area contributed by atoms with Crippen LogP contribution in [0.2, 0.25) is 0 Å². The minimum atomic E-state index is -4.68. The van der Waals surface area contributed by atoms with E-state index in [2.05, 4.69) is 24.5 Å². The molecule has 4 rings (SSSR count). The highest BCUT2D eigenvalue weighted by Crippen LogP contribution is 2.42. The molecular weight excluding hydrogens is 415 g/mol. The minimum absolute atomic E-state index is 0.147. The van der Waals surface area contributed by atoms with Gasteiger partial charge in [-0.05, 0) is 45.7 Å². The summed E-state index contributed by atoms with van der Waals surface area (Å²) in [5.74, 6) is -0.793. The van der Waals surface area contributed by atoms with E-state index in [0.717, 1.165) is 31.7 Å². The Labute approximate surface area is 177 Å². The number of hydrogen-bond donors (Lipinski definition) is 0. The molecule has 11 heteroatoms. The first-order valence-electron chi connectivity index (χ1n) is 10.0. The lowest BCUT2D eigenvalue weighted by molar-refractivity contribution is -0.159. The molecule has 1 spiro atoms. The molecule has 8 nitrogen and oxygen atoms in total. The Morgan fingerprint density at radius 1 is 1.16 bits per heavy atom. The molecule has 31 heavy (non-hydrogen) atoms. The lowest BCUT2D eigenvalue weighted by Crippen LogP contribution is -2.61. The monoisotopic (exact) mass is 439 g/mol. The molecule has 2 aromatic heterocycles. The lowest BCUT2D eigenvalue weighted by Gasteiger charge is -2.54. The fourth-order valence-electron chi connectivity index (χ4n) is 3.89. The van der Waals surface area contributed by atoms with Crippen LogP contribution in [0.3, 0.4) is 0 Å². The number of carbonyl (C=O) groups is 1. The molecule has 0 N–H and O–H groups in total. The zero-order chi connectivity index (χ0) is 22.4. The molecule has 2 aliphatic heterocycles. The summed E-state index contributed by atoms with van der Waals surface area (Å²) >= 11 is 0. The maximum atomic E-state index is 12.6. The molecule has 168 valence electrons. The van der Waals surface area contributed by atoms with Gasteiger partial charge in [0.1, 0.15) is 11.4 Å². The van der Waals surface area contributed by atoms with Crippen molar-refractivity contribution in [3.63, 3.8) is 0 Å². The fraction of sp³-hybridized carbons (Fsp3) is 0.600. The normalized spacial score (nSPS) is 18.8. The molecule has 0 aliphatic carbocycles. The van der Waals surface area contributed by atoms with Crippen LogP contribution in [0, 0.1) is 5.41 Å². The van der Waals surface area contributed by atoms with Crippen molar-refractivity contribution in [1.82, 2.24) is 20.0 Å². The van der Waals surface area contributed by atoms with E-state index in [4.69, 9.17) is 4.74 Å². The number of nitrogens with zero attached hydrogens (tertiary/aromatic N) is 5. The summed E-state index contributed by atoms with van der Waals surface area (Å²) in [4.78, 5) is 23.8. The second kappa shape index (κ2) is 7.38. The fourth-order valence-corrected chi connectivity index (χ4v) is 3.89. The van der Waals surface area contributed by atoms with E-state index in [1.165, 1.54) is 6.20 Å². The van der Waals surface area contributed by atoms with E-state index in [1.54, 1.807) is 17.0 Å². The largest absolute Gasteiger partial charge is 0.471 e. The van der Waals surface area contributed by atoms with Gasteiger partial charge in [-0.1, -0.05) is 5.16 Å². The number of carbonyl (C=O) groups excluding carboxylic acids is 1. The van der Waals surface area contributed by atoms with Crippen LogP contribution in [0.25, 0.3) is 11.4 Å². The van der Waals surface area contributed by atoms with Crippen LogP contribution in [0.5, 0.6) is 0 Å². The SMILES string of the molecule is CC(C)(C)OC(=O)N1CCC2(CC1)CN(c1ccc(-c3noc(C(F)(F)F)n3)cn1)C2. The second-order valence-electron chi connectivity index (χ2n) is 9.15. The Balaban J connectivity index is 1.32. The van der Waals surface area contributed by atoms with Gasteiger partial charge in [0.05, 0.1) is 0 Å². The first-order chi connectivity index (χ1) is 14.4. The minimum Gasteiger partial charge on any atom is -0.444 e. The lowest BCUT2D eigenvalue weighted by atomic mass is 9.72. The van der Waals surface area contributed by atoms with Gasteiger partial charge in [-0.15, -0.1) is 0 Å². The van der Waals surface area contributed by atoms with Crippen molar-refractivity contribution >= 4 is 11.9 Å². The average molecular weight is 439 g/mol. The molecule has 2 saturated heterocycles. The van der Waals surface area contributed by atoms with Crippen molar-refractivity contribution in [2.24, 2.45) is 5.41 Å². The van der Waals surface area contributed by atoms with Gasteiger partial charge in [-0.2, -0.15) is 18.2 Å². The molecule has 0 saturated carbocycles. The summed E-state index contributed by atoms with van der Waals surface area (Å²) in [6.45, 7) is 8.53. The topological polar surface area (TPSA) is 84.6 Å². The van der Waals surface area contributed by atoms with Gasteiger partial charge in [0.25, 0.3) is 0 Å². The van der Waals surface area contributed by atoms with Gasteiger partial charge in [-0.25, -0.2) is 9.78 Å². The first kappa shape index (κ1) is 21.4. The predicted octanol–water partition coefficient (Wildman–Crippen LogP) is 3.99. The van der Waals surface area contributed by atoms with Crippen LogP contribution in [0.15, 0.2) is 22.9 Å². The second-order valence-corrected chi connectivity index (χ2v) is 9.15. The van der Waals surface area contributed by atoms with E-state index < -0.39 is 17.7 Å². The van der Waals surface area contributed by atoms with Crippen LogP contribution in [0.1, 0.15) is 39.5 Å². The number of anilines is 1. The number of aromatic nitrogens is 3. The average Bonchev–Trinajstić information content (AvgIpc) is 3.16. The molecule has 2 aromatic rings. The van der Waals surface area contributed by atoms with E-state index in [0.29, 0.717) is 18.7 Å². The van der Waals surface area contributed by atoms with E-state index in [1.807, 2.05) is 20.8 Å². The molecule has 0 bridgehead atoms. The Morgan fingerprint density at radius 3 is 2.35 bits per heavy atom. The molecule has 2 fully saturated rings. The van der Waals surface area contributed by atoms with Gasteiger partial charge in [0, 0.05) is 43.4 Å². The summed E-state index contributed by atoms with van der Waals surface area (Å²) in [5, 5.41) is 3.37.